The molecule has 6 N–H and O–H groups in total. The molecule has 0 radical (unpaired) electrons. The van der Waals surface area contributed by atoms with Crippen molar-refractivity contribution in [3.63, 3.8) is 0 Å². The molecule has 0 aliphatic carbocycles. The van der Waals surface area contributed by atoms with Gasteiger partial charge in [-0.1, -0.05) is 20.8 Å². The number of carbonyl (C=O) groups excluding carboxylic acids is 2. The van der Waals surface area contributed by atoms with E-state index in [2.05, 4.69) is 30.6 Å². The van der Waals surface area contributed by atoms with Crippen LogP contribution < -0.4 is 16.4 Å². The van der Waals surface area contributed by atoms with E-state index in [-0.39, 0.29) is 53.7 Å². The molecule has 1 aromatic carbocycles. The molecule has 0 aliphatic heterocycles. The number of carboxylic acids is 1. The van der Waals surface area contributed by atoms with Crippen molar-refractivity contribution in [2.75, 3.05) is 11.1 Å². The average Bonchev–Trinajstić information content (AvgIpc) is 2.79. The first-order valence-corrected chi connectivity index (χ1v) is 10.8. The van der Waals surface area contributed by atoms with Crippen LogP contribution in [0.1, 0.15) is 49.7 Å². The minimum atomic E-state index is -1.20. The summed E-state index contributed by atoms with van der Waals surface area (Å²) in [4.78, 5) is 52.1. The molecular formula is C23H27N7O5. The predicted octanol–water partition coefficient (Wildman–Crippen LogP) is 1.90. The topological polar surface area (TPSA) is 193 Å². The van der Waals surface area contributed by atoms with Crippen molar-refractivity contribution < 1.29 is 24.6 Å². The Hall–Kier alpha value is -4.35. The lowest BCUT2D eigenvalue weighted by Gasteiger charge is -2.19. The molecule has 184 valence electrons. The molecule has 0 spiro atoms. The molecule has 0 saturated heterocycles. The third-order valence-corrected chi connectivity index (χ3v) is 5.18. The summed E-state index contributed by atoms with van der Waals surface area (Å²) in [6.07, 6.45) is 1.55. The van der Waals surface area contributed by atoms with Crippen molar-refractivity contribution in [1.29, 1.82) is 0 Å². The maximum Gasteiger partial charge on any atom is 0.326 e. The molecule has 0 fully saturated rings. The van der Waals surface area contributed by atoms with Crippen LogP contribution >= 0.6 is 0 Å². The van der Waals surface area contributed by atoms with Crippen molar-refractivity contribution in [3.05, 3.63) is 41.7 Å². The minimum absolute atomic E-state index is 0.0107. The summed E-state index contributed by atoms with van der Waals surface area (Å²) in [6.45, 7) is 5.56. The number of hydrogen-bond donors (Lipinski definition) is 5. The Bertz CT molecular complexity index is 1260. The zero-order valence-corrected chi connectivity index (χ0v) is 19.6. The van der Waals surface area contributed by atoms with Crippen molar-refractivity contribution >= 4 is 40.5 Å². The highest BCUT2D eigenvalue weighted by molar-refractivity contribution is 5.97. The Morgan fingerprint density at radius 1 is 1.09 bits per heavy atom. The number of nitrogens with two attached hydrogens (primary N) is 1. The number of aliphatic carboxylic acids is 1. The van der Waals surface area contributed by atoms with Crippen LogP contribution in [0.25, 0.3) is 11.2 Å². The van der Waals surface area contributed by atoms with Crippen LogP contribution in [-0.2, 0) is 16.1 Å². The monoisotopic (exact) mass is 481 g/mol. The van der Waals surface area contributed by atoms with Gasteiger partial charge in [-0.15, -0.1) is 0 Å². The largest absolute Gasteiger partial charge is 0.492 e. The van der Waals surface area contributed by atoms with E-state index < -0.39 is 23.3 Å². The van der Waals surface area contributed by atoms with Crippen molar-refractivity contribution in [2.24, 2.45) is 5.41 Å². The van der Waals surface area contributed by atoms with Crippen LogP contribution in [0.4, 0.5) is 11.6 Å². The molecule has 12 heteroatoms. The Kier molecular flexibility index (Phi) is 7.43. The molecule has 0 saturated carbocycles. The van der Waals surface area contributed by atoms with E-state index in [1.807, 2.05) is 0 Å². The number of ketones is 1. The second-order valence-electron chi connectivity index (χ2n) is 8.95. The van der Waals surface area contributed by atoms with Crippen molar-refractivity contribution in [3.8, 4) is 5.88 Å². The van der Waals surface area contributed by atoms with Gasteiger partial charge in [-0.2, -0.15) is 9.97 Å². The van der Waals surface area contributed by atoms with Gasteiger partial charge in [-0.05, 0) is 30.7 Å². The molecule has 0 unspecified atom stereocenters. The predicted molar refractivity (Wildman–Crippen MR) is 128 cm³/mol. The van der Waals surface area contributed by atoms with Crippen LogP contribution in [0.3, 0.4) is 0 Å². The molecule has 2 heterocycles. The first-order chi connectivity index (χ1) is 16.4. The maximum atomic E-state index is 12.5. The molecule has 0 aliphatic rings. The van der Waals surface area contributed by atoms with Crippen molar-refractivity contribution in [1.82, 2.24) is 25.3 Å². The lowest BCUT2D eigenvalue weighted by atomic mass is 9.87. The number of anilines is 2. The van der Waals surface area contributed by atoms with Gasteiger partial charge in [-0.25, -0.2) is 14.8 Å². The highest BCUT2D eigenvalue weighted by atomic mass is 16.4. The number of carboxylic acid groups (broad SMARTS) is 1. The van der Waals surface area contributed by atoms with Gasteiger partial charge in [0.15, 0.2) is 11.2 Å². The summed E-state index contributed by atoms with van der Waals surface area (Å²) in [7, 11) is 0. The summed E-state index contributed by atoms with van der Waals surface area (Å²) in [5.74, 6) is -2.29. The van der Waals surface area contributed by atoms with Gasteiger partial charge >= 0.3 is 5.97 Å². The number of fused-ring (bicyclic) bond motifs is 1. The average molecular weight is 482 g/mol. The molecule has 0 bridgehead atoms. The smallest absolute Gasteiger partial charge is 0.326 e. The third kappa shape index (κ3) is 6.59. The number of nitrogens with zero attached hydrogens (tertiary/aromatic N) is 4. The Labute approximate surface area is 201 Å². The van der Waals surface area contributed by atoms with Gasteiger partial charge in [-0.3, -0.25) is 9.59 Å². The lowest BCUT2D eigenvalue weighted by Crippen LogP contribution is -2.41. The highest BCUT2D eigenvalue weighted by Crippen LogP contribution is 2.20. The SMILES string of the molecule is CC(C)(C)C(=O)CC[C@H](NC(=O)c1ccc(NCc2cnc3nc(N)nc(O)c3n2)cc1)C(=O)O. The van der Waals surface area contributed by atoms with Crippen LogP contribution in [0.5, 0.6) is 5.88 Å². The zero-order valence-electron chi connectivity index (χ0n) is 19.6. The van der Waals surface area contributed by atoms with Gasteiger partial charge in [0.1, 0.15) is 11.8 Å². The number of amides is 1. The van der Waals surface area contributed by atoms with Crippen LogP contribution in [-0.4, -0.2) is 53.9 Å². The van der Waals surface area contributed by atoms with E-state index in [9.17, 15) is 24.6 Å². The third-order valence-electron chi connectivity index (χ3n) is 5.18. The fourth-order valence-corrected chi connectivity index (χ4v) is 3.11. The molecule has 1 amide bonds. The van der Waals surface area contributed by atoms with E-state index in [1.54, 1.807) is 45.0 Å². The van der Waals surface area contributed by atoms with Gasteiger partial charge in [0.05, 0.1) is 18.4 Å². The summed E-state index contributed by atoms with van der Waals surface area (Å²) in [5.41, 5.74) is 6.67. The highest BCUT2D eigenvalue weighted by Gasteiger charge is 2.26. The molecule has 1 atom stereocenters. The van der Waals surface area contributed by atoms with Crippen LogP contribution in [0, 0.1) is 5.41 Å². The standard InChI is InChI=1S/C23H27N7O5/c1-23(2,3)16(31)9-8-15(21(34)35)28-19(32)12-4-6-13(7-5-12)25-10-14-11-26-18-17(27-14)20(33)30-22(24)29-18/h4-7,11,15,25H,8-10H2,1-3H3,(H,28,32)(H,34,35)(H3,24,26,29,30,33)/t15-/m0/s1. The molecule has 3 rings (SSSR count). The zero-order chi connectivity index (χ0) is 25.8. The van der Waals surface area contributed by atoms with Crippen LogP contribution in [0.15, 0.2) is 30.5 Å². The first kappa shape index (κ1) is 25.3. The first-order valence-electron chi connectivity index (χ1n) is 10.8. The van der Waals surface area contributed by atoms with E-state index in [0.717, 1.165) is 0 Å². The second kappa shape index (κ2) is 10.3. The summed E-state index contributed by atoms with van der Waals surface area (Å²) in [6, 6.07) is 5.23. The number of hydrogen-bond acceptors (Lipinski definition) is 10. The number of nitrogens with one attached hydrogen (secondary N) is 2. The number of nitrogen functional groups attached to an aromatic ring is 1. The molecule has 3 aromatic rings. The fraction of sp³-hybridized carbons (Fsp3) is 0.348. The van der Waals surface area contributed by atoms with Crippen LogP contribution in [0.2, 0.25) is 0 Å². The molecular weight excluding hydrogens is 454 g/mol. The number of carbonyl (C=O) groups is 3. The summed E-state index contributed by atoms with van der Waals surface area (Å²) < 4.78 is 0. The molecule has 2 aromatic heterocycles. The fourth-order valence-electron chi connectivity index (χ4n) is 3.11. The summed E-state index contributed by atoms with van der Waals surface area (Å²) >= 11 is 0. The van der Waals surface area contributed by atoms with Gasteiger partial charge in [0.2, 0.25) is 11.8 Å². The van der Waals surface area contributed by atoms with Gasteiger partial charge < -0.3 is 26.6 Å². The van der Waals surface area contributed by atoms with Crippen molar-refractivity contribution in [2.45, 2.75) is 46.2 Å². The second-order valence-corrected chi connectivity index (χ2v) is 8.95. The van der Waals surface area contributed by atoms with E-state index in [0.29, 0.717) is 11.4 Å². The quantitative estimate of drug-likeness (QED) is 0.299. The number of rotatable bonds is 9. The Morgan fingerprint density at radius 2 is 1.77 bits per heavy atom. The Balaban J connectivity index is 1.59. The minimum Gasteiger partial charge on any atom is -0.492 e. The normalized spacial score (nSPS) is 12.2. The summed E-state index contributed by atoms with van der Waals surface area (Å²) in [5, 5.41) is 24.9. The lowest BCUT2D eigenvalue weighted by molar-refractivity contribution is -0.139. The number of Topliss-reactive ketones (excluding diaryl/α,β-unsaturated/α-hetero) is 1. The molecule has 35 heavy (non-hydrogen) atoms. The molecule has 12 nitrogen and oxygen atoms in total. The van der Waals surface area contributed by atoms with E-state index >= 15 is 0 Å². The number of aromatic nitrogens is 4. The maximum absolute atomic E-state index is 12.5. The Morgan fingerprint density at radius 3 is 2.40 bits per heavy atom. The number of aromatic hydroxyl groups is 1. The van der Waals surface area contributed by atoms with Gasteiger partial charge in [0.25, 0.3) is 5.91 Å². The van der Waals surface area contributed by atoms with E-state index in [4.69, 9.17) is 5.73 Å². The number of benzene rings is 1. The van der Waals surface area contributed by atoms with E-state index in [1.165, 1.54) is 6.20 Å². The van der Waals surface area contributed by atoms with Gasteiger partial charge in [0, 0.05) is 23.1 Å².